The van der Waals surface area contributed by atoms with Gasteiger partial charge in [0.2, 0.25) is 5.91 Å². The van der Waals surface area contributed by atoms with Crippen LogP contribution >= 0.6 is 0 Å². The van der Waals surface area contributed by atoms with Gasteiger partial charge in [-0.25, -0.2) is 5.43 Å². The molecule has 6 heteroatoms. The predicted molar refractivity (Wildman–Crippen MR) is 126 cm³/mol. The number of carbonyl (C=O) groups excluding carboxylic acids is 2. The van der Waals surface area contributed by atoms with Crippen molar-refractivity contribution in [2.24, 2.45) is 5.10 Å². The molecule has 0 fully saturated rings. The third-order valence-electron chi connectivity index (χ3n) is 5.24. The number of carbonyl (C=O) groups is 2. The third kappa shape index (κ3) is 4.19. The van der Waals surface area contributed by atoms with Gasteiger partial charge in [0.15, 0.2) is 0 Å². The van der Waals surface area contributed by atoms with Crippen LogP contribution in [-0.4, -0.2) is 22.6 Å². The second-order valence-corrected chi connectivity index (χ2v) is 7.22. The number of benzene rings is 3. The molecule has 0 aliphatic carbocycles. The Morgan fingerprint density at radius 2 is 1.68 bits per heavy atom. The quantitative estimate of drug-likeness (QED) is 0.348. The maximum atomic E-state index is 12.3. The molecule has 1 heterocycles. The van der Waals surface area contributed by atoms with Gasteiger partial charge in [-0.3, -0.25) is 9.59 Å². The molecule has 0 saturated carbocycles. The zero-order chi connectivity index (χ0) is 21.8. The van der Waals surface area contributed by atoms with Crippen molar-refractivity contribution in [2.45, 2.75) is 26.8 Å². The Morgan fingerprint density at radius 3 is 2.42 bits per heavy atom. The van der Waals surface area contributed by atoms with Crippen molar-refractivity contribution in [3.05, 3.63) is 77.9 Å². The Bertz CT molecular complexity index is 1290. The molecule has 0 aliphatic rings. The molecule has 0 saturated heterocycles. The van der Waals surface area contributed by atoms with Gasteiger partial charge in [-0.05, 0) is 55.0 Å². The van der Waals surface area contributed by atoms with Gasteiger partial charge in [0.25, 0.3) is 5.91 Å². The average molecular weight is 412 g/mol. The average Bonchev–Trinajstić information content (AvgIpc) is 3.12. The lowest BCUT2D eigenvalue weighted by Gasteiger charge is -2.05. The summed E-state index contributed by atoms with van der Waals surface area (Å²) in [5.74, 6) is -0.380. The molecule has 2 N–H and O–H groups in total. The van der Waals surface area contributed by atoms with Crippen LogP contribution in [0.2, 0.25) is 0 Å². The molecule has 0 aliphatic heterocycles. The summed E-state index contributed by atoms with van der Waals surface area (Å²) in [6.07, 6.45) is 2.05. The van der Waals surface area contributed by atoms with Crippen LogP contribution < -0.4 is 10.7 Å². The van der Waals surface area contributed by atoms with Crippen LogP contribution in [0.5, 0.6) is 0 Å². The van der Waals surface area contributed by atoms with E-state index in [1.165, 1.54) is 16.4 Å². The number of fused-ring (bicyclic) bond motifs is 3. The SMILES string of the molecule is CCC(=O)Nc1ccc(C(=O)N/N=C\c2ccc3c(c2)c2ccccc2n3CC)cc1. The fourth-order valence-electron chi connectivity index (χ4n) is 3.68. The third-order valence-corrected chi connectivity index (χ3v) is 5.24. The highest BCUT2D eigenvalue weighted by Crippen LogP contribution is 2.29. The molecule has 0 bridgehead atoms. The summed E-state index contributed by atoms with van der Waals surface area (Å²) in [6.45, 7) is 4.82. The van der Waals surface area contributed by atoms with Gasteiger partial charge in [0, 0.05) is 46.0 Å². The number of para-hydroxylation sites is 1. The van der Waals surface area contributed by atoms with Gasteiger partial charge in [0.1, 0.15) is 0 Å². The number of anilines is 1. The number of amides is 2. The normalized spacial score (nSPS) is 11.3. The molecule has 0 unspecified atom stereocenters. The van der Waals surface area contributed by atoms with E-state index < -0.39 is 0 Å². The number of nitrogens with one attached hydrogen (secondary N) is 2. The van der Waals surface area contributed by atoms with E-state index in [1.54, 1.807) is 37.4 Å². The molecule has 3 aromatic carbocycles. The van der Waals surface area contributed by atoms with E-state index >= 15 is 0 Å². The van der Waals surface area contributed by atoms with Gasteiger partial charge in [-0.2, -0.15) is 5.10 Å². The van der Waals surface area contributed by atoms with Crippen LogP contribution in [-0.2, 0) is 11.3 Å². The summed E-state index contributed by atoms with van der Waals surface area (Å²) in [4.78, 5) is 23.8. The molecule has 6 nitrogen and oxygen atoms in total. The van der Waals surface area contributed by atoms with Gasteiger partial charge >= 0.3 is 0 Å². The van der Waals surface area contributed by atoms with Crippen LogP contribution in [0.15, 0.2) is 71.8 Å². The van der Waals surface area contributed by atoms with Crippen LogP contribution in [0.25, 0.3) is 21.8 Å². The summed E-state index contributed by atoms with van der Waals surface area (Å²) in [6, 6.07) is 21.2. The highest BCUT2D eigenvalue weighted by molar-refractivity contribution is 6.09. The lowest BCUT2D eigenvalue weighted by atomic mass is 10.1. The molecule has 1 aromatic heterocycles. The lowest BCUT2D eigenvalue weighted by Crippen LogP contribution is -2.17. The molecule has 0 radical (unpaired) electrons. The van der Waals surface area contributed by atoms with E-state index in [9.17, 15) is 9.59 Å². The van der Waals surface area contributed by atoms with Crippen molar-refractivity contribution in [3.63, 3.8) is 0 Å². The van der Waals surface area contributed by atoms with E-state index in [2.05, 4.69) is 57.7 Å². The zero-order valence-electron chi connectivity index (χ0n) is 17.6. The van der Waals surface area contributed by atoms with Crippen molar-refractivity contribution >= 4 is 45.5 Å². The minimum Gasteiger partial charge on any atom is -0.341 e. The van der Waals surface area contributed by atoms with E-state index in [1.807, 2.05) is 12.1 Å². The van der Waals surface area contributed by atoms with Crippen molar-refractivity contribution < 1.29 is 9.59 Å². The molecular weight excluding hydrogens is 388 g/mol. The summed E-state index contributed by atoms with van der Waals surface area (Å²) >= 11 is 0. The molecule has 0 atom stereocenters. The fraction of sp³-hybridized carbons (Fsp3) is 0.160. The predicted octanol–water partition coefficient (Wildman–Crippen LogP) is 4.93. The summed E-state index contributed by atoms with van der Waals surface area (Å²) < 4.78 is 2.29. The Morgan fingerprint density at radius 1 is 0.935 bits per heavy atom. The fourth-order valence-corrected chi connectivity index (χ4v) is 3.68. The van der Waals surface area contributed by atoms with Gasteiger partial charge < -0.3 is 9.88 Å². The Kier molecular flexibility index (Phi) is 5.80. The second kappa shape index (κ2) is 8.83. The smallest absolute Gasteiger partial charge is 0.271 e. The first-order valence-electron chi connectivity index (χ1n) is 10.3. The van der Waals surface area contributed by atoms with Crippen molar-refractivity contribution in [1.82, 2.24) is 9.99 Å². The van der Waals surface area contributed by atoms with Crippen molar-refractivity contribution in [3.8, 4) is 0 Å². The first-order valence-corrected chi connectivity index (χ1v) is 10.3. The molecule has 2 amide bonds. The minimum absolute atomic E-state index is 0.0687. The van der Waals surface area contributed by atoms with E-state index in [0.29, 0.717) is 17.7 Å². The van der Waals surface area contributed by atoms with Crippen LogP contribution in [0.3, 0.4) is 0 Å². The van der Waals surface area contributed by atoms with E-state index in [4.69, 9.17) is 0 Å². The minimum atomic E-state index is -0.312. The number of hydrogen-bond acceptors (Lipinski definition) is 3. The molecular formula is C25H24N4O2. The first-order chi connectivity index (χ1) is 15.1. The topological polar surface area (TPSA) is 75.5 Å². The lowest BCUT2D eigenvalue weighted by molar-refractivity contribution is -0.115. The van der Waals surface area contributed by atoms with Crippen LogP contribution in [0.4, 0.5) is 5.69 Å². The van der Waals surface area contributed by atoms with Crippen LogP contribution in [0.1, 0.15) is 36.2 Å². The number of hydrazone groups is 1. The van der Waals surface area contributed by atoms with Crippen molar-refractivity contribution in [1.29, 1.82) is 0 Å². The maximum absolute atomic E-state index is 12.3. The molecule has 4 rings (SSSR count). The van der Waals surface area contributed by atoms with Gasteiger partial charge in [-0.1, -0.05) is 31.2 Å². The van der Waals surface area contributed by atoms with Gasteiger partial charge in [-0.15, -0.1) is 0 Å². The highest BCUT2D eigenvalue weighted by atomic mass is 16.2. The summed E-state index contributed by atoms with van der Waals surface area (Å²) in [5, 5.41) is 9.24. The van der Waals surface area contributed by atoms with E-state index in [-0.39, 0.29) is 11.8 Å². The Labute approximate surface area is 180 Å². The number of nitrogens with zero attached hydrogens (tertiary/aromatic N) is 2. The molecule has 4 aromatic rings. The van der Waals surface area contributed by atoms with Gasteiger partial charge in [0.05, 0.1) is 6.21 Å². The first kappa shape index (κ1) is 20.3. The summed E-state index contributed by atoms with van der Waals surface area (Å²) in [7, 11) is 0. The van der Waals surface area contributed by atoms with E-state index in [0.717, 1.165) is 17.5 Å². The zero-order valence-corrected chi connectivity index (χ0v) is 17.6. The Hall–Kier alpha value is -3.93. The van der Waals surface area contributed by atoms with Crippen LogP contribution in [0, 0.1) is 0 Å². The molecule has 31 heavy (non-hydrogen) atoms. The maximum Gasteiger partial charge on any atom is 0.271 e. The summed E-state index contributed by atoms with van der Waals surface area (Å²) in [5.41, 5.74) is 6.98. The highest BCUT2D eigenvalue weighted by Gasteiger charge is 2.09. The molecule has 0 spiro atoms. The Balaban J connectivity index is 1.49. The largest absolute Gasteiger partial charge is 0.341 e. The monoisotopic (exact) mass is 412 g/mol. The molecule has 156 valence electrons. The standard InChI is InChI=1S/C25H24N4O2/c1-3-24(30)27-19-12-10-18(11-13-19)25(31)28-26-16-17-9-14-23-21(15-17)20-7-5-6-8-22(20)29(23)4-2/h5-16H,3-4H2,1-2H3,(H,27,30)(H,28,31)/b26-16-. The number of aryl methyl sites for hydroxylation is 1. The number of rotatable bonds is 6. The van der Waals surface area contributed by atoms with Crippen molar-refractivity contribution in [2.75, 3.05) is 5.32 Å². The number of hydrogen-bond donors (Lipinski definition) is 2. The second-order valence-electron chi connectivity index (χ2n) is 7.22. The number of aromatic nitrogens is 1.